The third-order valence-corrected chi connectivity index (χ3v) is 5.41. The first-order valence-corrected chi connectivity index (χ1v) is 10.8. The Balaban J connectivity index is 2.28. The second kappa shape index (κ2) is 9.65. The van der Waals surface area contributed by atoms with Gasteiger partial charge in [0.2, 0.25) is 0 Å². The third-order valence-electron chi connectivity index (χ3n) is 4.16. The lowest BCUT2D eigenvalue weighted by Gasteiger charge is -2.28. The van der Waals surface area contributed by atoms with E-state index >= 15 is 0 Å². The van der Waals surface area contributed by atoms with Gasteiger partial charge in [0, 0.05) is 17.6 Å². The van der Waals surface area contributed by atoms with Gasteiger partial charge in [0.1, 0.15) is 16.4 Å². The van der Waals surface area contributed by atoms with E-state index < -0.39 is 10.1 Å². The number of carbonyl (C=O) groups is 1. The highest BCUT2D eigenvalue weighted by molar-refractivity contribution is 7.87. The first-order valence-electron chi connectivity index (χ1n) is 9.37. The van der Waals surface area contributed by atoms with Crippen molar-refractivity contribution >= 4 is 16.1 Å². The Morgan fingerprint density at radius 3 is 2.21 bits per heavy atom. The predicted octanol–water partition coefficient (Wildman–Crippen LogP) is 3.79. The molecule has 158 valence electrons. The molecule has 0 fully saturated rings. The minimum absolute atomic E-state index is 0.00862. The molecular weight excluding hydrogens is 392 g/mol. The second-order valence-electron chi connectivity index (χ2n) is 7.15. The molecule has 0 spiro atoms. The Morgan fingerprint density at radius 1 is 1.03 bits per heavy atom. The number of ether oxygens (including phenoxy) is 1. The second-order valence-corrected chi connectivity index (χ2v) is 8.69. The van der Waals surface area contributed by atoms with Crippen LogP contribution in [0, 0.1) is 0 Å². The molecular formula is C21H28N2O5S. The maximum absolute atomic E-state index is 12.7. The van der Waals surface area contributed by atoms with E-state index in [-0.39, 0.29) is 35.3 Å². The number of amides is 2. The highest BCUT2D eigenvalue weighted by Crippen LogP contribution is 2.26. The standard InChI is InChI=1S/C21H28N2O5S/c1-15(2)22-21(24)23(16(3)4)14-17-8-6-7-9-20(17)28-29(25,26)19-12-10-18(27-5)11-13-19/h6-13,15-16H,14H2,1-5H3,(H,22,24). The van der Waals surface area contributed by atoms with Crippen molar-refractivity contribution in [3.05, 3.63) is 54.1 Å². The predicted molar refractivity (Wildman–Crippen MR) is 112 cm³/mol. The monoisotopic (exact) mass is 420 g/mol. The number of rotatable bonds is 8. The van der Waals surface area contributed by atoms with E-state index in [4.69, 9.17) is 8.92 Å². The summed E-state index contributed by atoms with van der Waals surface area (Å²) < 4.78 is 35.9. The number of nitrogens with one attached hydrogen (secondary N) is 1. The van der Waals surface area contributed by atoms with Crippen LogP contribution in [-0.4, -0.2) is 38.5 Å². The topological polar surface area (TPSA) is 84.9 Å². The molecule has 2 aromatic carbocycles. The number of nitrogens with zero attached hydrogens (tertiary/aromatic N) is 1. The van der Waals surface area contributed by atoms with Crippen molar-refractivity contribution in [3.63, 3.8) is 0 Å². The Hall–Kier alpha value is -2.74. The normalized spacial score (nSPS) is 11.4. The number of benzene rings is 2. The fraction of sp³-hybridized carbons (Fsp3) is 0.381. The van der Waals surface area contributed by atoms with E-state index in [1.165, 1.54) is 19.2 Å². The quantitative estimate of drug-likeness (QED) is 0.657. The summed E-state index contributed by atoms with van der Waals surface area (Å²) in [5.41, 5.74) is 0.595. The minimum Gasteiger partial charge on any atom is -0.497 e. The molecule has 2 aromatic rings. The van der Waals surface area contributed by atoms with Crippen LogP contribution in [-0.2, 0) is 16.7 Å². The van der Waals surface area contributed by atoms with Crippen molar-refractivity contribution in [2.75, 3.05) is 7.11 Å². The summed E-state index contributed by atoms with van der Waals surface area (Å²) in [6, 6.07) is 12.4. The summed E-state index contributed by atoms with van der Waals surface area (Å²) in [5, 5.41) is 2.86. The van der Waals surface area contributed by atoms with Crippen LogP contribution < -0.4 is 14.2 Å². The SMILES string of the molecule is COc1ccc(S(=O)(=O)Oc2ccccc2CN(C(=O)NC(C)C)C(C)C)cc1. The van der Waals surface area contributed by atoms with Crippen molar-refractivity contribution in [1.29, 1.82) is 0 Å². The van der Waals surface area contributed by atoms with Gasteiger partial charge in [-0.15, -0.1) is 0 Å². The highest BCUT2D eigenvalue weighted by atomic mass is 32.2. The summed E-state index contributed by atoms with van der Waals surface area (Å²) in [6.07, 6.45) is 0. The lowest BCUT2D eigenvalue weighted by Crippen LogP contribution is -2.45. The van der Waals surface area contributed by atoms with E-state index in [0.29, 0.717) is 11.3 Å². The molecule has 0 unspecified atom stereocenters. The van der Waals surface area contributed by atoms with Crippen LogP contribution in [0.2, 0.25) is 0 Å². The van der Waals surface area contributed by atoms with Gasteiger partial charge in [-0.3, -0.25) is 0 Å². The zero-order valence-corrected chi connectivity index (χ0v) is 18.2. The Morgan fingerprint density at radius 2 is 1.66 bits per heavy atom. The Kier molecular flexibility index (Phi) is 7.50. The summed E-state index contributed by atoms with van der Waals surface area (Å²) in [5.74, 6) is 0.736. The fourth-order valence-corrected chi connectivity index (χ4v) is 3.59. The summed E-state index contributed by atoms with van der Waals surface area (Å²) in [6.45, 7) is 7.78. The van der Waals surface area contributed by atoms with Gasteiger partial charge in [0.25, 0.3) is 0 Å². The lowest BCUT2D eigenvalue weighted by molar-refractivity contribution is 0.177. The molecule has 0 aliphatic heterocycles. The maximum Gasteiger partial charge on any atom is 0.339 e. The molecule has 8 heteroatoms. The van der Waals surface area contributed by atoms with Crippen molar-refractivity contribution in [2.24, 2.45) is 0 Å². The van der Waals surface area contributed by atoms with Crippen LogP contribution in [0.4, 0.5) is 4.79 Å². The van der Waals surface area contributed by atoms with E-state index in [1.54, 1.807) is 41.3 Å². The summed E-state index contributed by atoms with van der Waals surface area (Å²) >= 11 is 0. The lowest BCUT2D eigenvalue weighted by atomic mass is 10.1. The summed E-state index contributed by atoms with van der Waals surface area (Å²) in [4.78, 5) is 14.2. The molecule has 0 aliphatic rings. The van der Waals surface area contributed by atoms with Gasteiger partial charge < -0.3 is 19.1 Å². The average Bonchev–Trinajstić information content (AvgIpc) is 2.66. The summed E-state index contributed by atoms with van der Waals surface area (Å²) in [7, 11) is -2.52. The molecule has 2 rings (SSSR count). The zero-order chi connectivity index (χ0) is 21.6. The molecule has 1 N–H and O–H groups in total. The number of hydrogen-bond donors (Lipinski definition) is 1. The van der Waals surface area contributed by atoms with Crippen molar-refractivity contribution < 1.29 is 22.1 Å². The highest BCUT2D eigenvalue weighted by Gasteiger charge is 2.22. The number of methoxy groups -OCH3 is 1. The molecule has 29 heavy (non-hydrogen) atoms. The van der Waals surface area contributed by atoms with Gasteiger partial charge in [-0.2, -0.15) is 8.42 Å². The van der Waals surface area contributed by atoms with E-state index in [0.717, 1.165) is 0 Å². The molecule has 0 radical (unpaired) electrons. The van der Waals surface area contributed by atoms with Crippen molar-refractivity contribution in [2.45, 2.75) is 51.2 Å². The molecule has 0 saturated carbocycles. The van der Waals surface area contributed by atoms with Gasteiger partial charge in [0.15, 0.2) is 0 Å². The molecule has 0 heterocycles. The molecule has 0 atom stereocenters. The molecule has 0 saturated heterocycles. The van der Waals surface area contributed by atoms with Crippen LogP contribution in [0.3, 0.4) is 0 Å². The number of carbonyl (C=O) groups excluding carboxylic acids is 1. The fourth-order valence-electron chi connectivity index (χ4n) is 2.63. The van der Waals surface area contributed by atoms with Gasteiger partial charge in [-0.25, -0.2) is 4.79 Å². The van der Waals surface area contributed by atoms with Crippen LogP contribution in [0.15, 0.2) is 53.4 Å². The Bertz CT molecular complexity index is 924. The largest absolute Gasteiger partial charge is 0.497 e. The van der Waals surface area contributed by atoms with Gasteiger partial charge >= 0.3 is 16.1 Å². The van der Waals surface area contributed by atoms with Crippen LogP contribution in [0.5, 0.6) is 11.5 Å². The number of para-hydroxylation sites is 1. The van der Waals surface area contributed by atoms with Crippen LogP contribution in [0.1, 0.15) is 33.3 Å². The smallest absolute Gasteiger partial charge is 0.339 e. The number of urea groups is 1. The van der Waals surface area contributed by atoms with Crippen LogP contribution in [0.25, 0.3) is 0 Å². The first-order chi connectivity index (χ1) is 13.6. The first kappa shape index (κ1) is 22.5. The maximum atomic E-state index is 12.7. The van der Waals surface area contributed by atoms with Gasteiger partial charge in [0.05, 0.1) is 13.7 Å². The minimum atomic E-state index is -4.03. The average molecular weight is 421 g/mol. The van der Waals surface area contributed by atoms with E-state index in [2.05, 4.69) is 5.32 Å². The van der Waals surface area contributed by atoms with Crippen molar-refractivity contribution in [3.8, 4) is 11.5 Å². The zero-order valence-electron chi connectivity index (χ0n) is 17.4. The Labute approximate surface area is 172 Å². The molecule has 7 nitrogen and oxygen atoms in total. The number of hydrogen-bond acceptors (Lipinski definition) is 5. The van der Waals surface area contributed by atoms with E-state index in [1.807, 2.05) is 27.7 Å². The third kappa shape index (κ3) is 6.12. The van der Waals surface area contributed by atoms with Crippen LogP contribution >= 0.6 is 0 Å². The van der Waals surface area contributed by atoms with Crippen molar-refractivity contribution in [1.82, 2.24) is 10.2 Å². The van der Waals surface area contributed by atoms with Gasteiger partial charge in [-0.05, 0) is 58.0 Å². The van der Waals surface area contributed by atoms with Gasteiger partial charge in [-0.1, -0.05) is 18.2 Å². The molecule has 0 aromatic heterocycles. The molecule has 0 aliphatic carbocycles. The van der Waals surface area contributed by atoms with E-state index in [9.17, 15) is 13.2 Å². The molecule has 2 amide bonds. The molecule has 0 bridgehead atoms.